The first-order valence-electron chi connectivity index (χ1n) is 8.08. The molecule has 0 spiro atoms. The number of hydrogen-bond acceptors (Lipinski definition) is 3. The zero-order chi connectivity index (χ0) is 20.7. The van der Waals surface area contributed by atoms with E-state index in [1.807, 2.05) is 0 Å². The number of benzene rings is 2. The van der Waals surface area contributed by atoms with E-state index in [9.17, 15) is 27.9 Å². The SMILES string of the molecule is CNC(=O)Cc1c(C)n(C(=O)c2ccc(Cl)c(F)c2)c2cc(F)c(O)c(F)c12. The molecule has 9 heteroatoms. The van der Waals surface area contributed by atoms with Crippen molar-refractivity contribution in [2.24, 2.45) is 0 Å². The van der Waals surface area contributed by atoms with Crippen molar-refractivity contribution in [1.29, 1.82) is 0 Å². The molecule has 0 saturated carbocycles. The van der Waals surface area contributed by atoms with E-state index in [4.69, 9.17) is 11.6 Å². The molecule has 2 aromatic carbocycles. The largest absolute Gasteiger partial charge is 0.503 e. The van der Waals surface area contributed by atoms with Crippen molar-refractivity contribution in [3.8, 4) is 5.75 Å². The number of halogens is 4. The Morgan fingerprint density at radius 1 is 1.18 bits per heavy atom. The number of amides is 1. The third-order valence-corrected chi connectivity index (χ3v) is 4.78. The summed E-state index contributed by atoms with van der Waals surface area (Å²) < 4.78 is 43.3. The predicted molar refractivity (Wildman–Crippen MR) is 97.2 cm³/mol. The summed E-state index contributed by atoms with van der Waals surface area (Å²) in [5.74, 6) is -5.85. The van der Waals surface area contributed by atoms with Crippen molar-refractivity contribution < 1.29 is 27.9 Å². The first kappa shape index (κ1) is 19.8. The summed E-state index contributed by atoms with van der Waals surface area (Å²) in [6, 6.07) is 4.15. The van der Waals surface area contributed by atoms with Gasteiger partial charge in [0, 0.05) is 29.8 Å². The monoisotopic (exact) mass is 410 g/mol. The predicted octanol–water partition coefficient (Wildman–Crippen LogP) is 3.70. The highest BCUT2D eigenvalue weighted by atomic mass is 35.5. The van der Waals surface area contributed by atoms with Crippen molar-refractivity contribution in [2.45, 2.75) is 13.3 Å². The minimum atomic E-state index is -1.29. The lowest BCUT2D eigenvalue weighted by Crippen LogP contribution is -2.21. The summed E-state index contributed by atoms with van der Waals surface area (Å²) >= 11 is 5.63. The molecular formula is C19H14ClF3N2O3. The summed E-state index contributed by atoms with van der Waals surface area (Å²) in [6.45, 7) is 1.44. The zero-order valence-corrected chi connectivity index (χ0v) is 15.5. The van der Waals surface area contributed by atoms with E-state index in [1.54, 1.807) is 0 Å². The van der Waals surface area contributed by atoms with Crippen LogP contribution < -0.4 is 5.32 Å². The number of hydrogen-bond donors (Lipinski definition) is 2. The molecule has 0 aliphatic heterocycles. The topological polar surface area (TPSA) is 71.3 Å². The van der Waals surface area contributed by atoms with Gasteiger partial charge in [0.1, 0.15) is 5.82 Å². The first-order valence-corrected chi connectivity index (χ1v) is 8.46. The van der Waals surface area contributed by atoms with E-state index in [1.165, 1.54) is 26.1 Å². The zero-order valence-electron chi connectivity index (χ0n) is 14.7. The Labute approximate surface area is 162 Å². The van der Waals surface area contributed by atoms with E-state index in [0.717, 1.165) is 16.7 Å². The summed E-state index contributed by atoms with van der Waals surface area (Å²) in [7, 11) is 1.38. The highest BCUT2D eigenvalue weighted by Gasteiger charge is 2.27. The van der Waals surface area contributed by atoms with Crippen LogP contribution in [-0.2, 0) is 11.2 Å². The molecule has 2 N–H and O–H groups in total. The van der Waals surface area contributed by atoms with Gasteiger partial charge in [-0.25, -0.2) is 13.2 Å². The fourth-order valence-electron chi connectivity index (χ4n) is 3.04. The maximum atomic E-state index is 14.6. The number of rotatable bonds is 3. The molecule has 0 aliphatic carbocycles. The fourth-order valence-corrected chi connectivity index (χ4v) is 3.16. The maximum Gasteiger partial charge on any atom is 0.262 e. The van der Waals surface area contributed by atoms with Gasteiger partial charge < -0.3 is 10.4 Å². The molecule has 0 aliphatic rings. The van der Waals surface area contributed by atoms with Crippen LogP contribution >= 0.6 is 11.6 Å². The summed E-state index contributed by atoms with van der Waals surface area (Å²) in [5, 5.41) is 11.6. The van der Waals surface area contributed by atoms with Gasteiger partial charge >= 0.3 is 0 Å². The van der Waals surface area contributed by atoms with Crippen LogP contribution in [0.2, 0.25) is 5.02 Å². The Bertz CT molecular complexity index is 1140. The van der Waals surface area contributed by atoms with E-state index in [-0.39, 0.29) is 39.2 Å². The van der Waals surface area contributed by atoms with Crippen LogP contribution in [0.25, 0.3) is 10.9 Å². The molecule has 146 valence electrons. The van der Waals surface area contributed by atoms with Gasteiger partial charge in [-0.05, 0) is 30.7 Å². The minimum absolute atomic E-state index is 0.102. The number of aromatic hydroxyl groups is 1. The molecule has 0 atom stereocenters. The van der Waals surface area contributed by atoms with Gasteiger partial charge in [0.05, 0.1) is 17.0 Å². The number of carbonyl (C=O) groups is 2. The number of carbonyl (C=O) groups excluding carboxylic acids is 2. The van der Waals surface area contributed by atoms with Crippen LogP contribution in [0.3, 0.4) is 0 Å². The van der Waals surface area contributed by atoms with Gasteiger partial charge in [0.15, 0.2) is 17.4 Å². The number of nitrogens with zero attached hydrogens (tertiary/aromatic N) is 1. The second-order valence-corrected chi connectivity index (χ2v) is 6.51. The summed E-state index contributed by atoms with van der Waals surface area (Å²) in [5.41, 5.74) is -0.0420. The number of phenolic OH excluding ortho intramolecular Hbond substituents is 1. The molecule has 0 fully saturated rings. The van der Waals surface area contributed by atoms with Gasteiger partial charge in [-0.15, -0.1) is 0 Å². The second-order valence-electron chi connectivity index (χ2n) is 6.10. The first-order chi connectivity index (χ1) is 13.2. The molecule has 0 radical (unpaired) electrons. The average Bonchev–Trinajstić information content (AvgIpc) is 2.92. The maximum absolute atomic E-state index is 14.6. The molecule has 28 heavy (non-hydrogen) atoms. The van der Waals surface area contributed by atoms with E-state index in [2.05, 4.69) is 5.32 Å². The molecule has 1 heterocycles. The molecule has 5 nitrogen and oxygen atoms in total. The van der Waals surface area contributed by atoms with Crippen LogP contribution in [0, 0.1) is 24.4 Å². The van der Waals surface area contributed by atoms with Crippen molar-refractivity contribution in [3.63, 3.8) is 0 Å². The van der Waals surface area contributed by atoms with Crippen LogP contribution in [-0.4, -0.2) is 28.5 Å². The number of aromatic nitrogens is 1. The van der Waals surface area contributed by atoms with E-state index in [0.29, 0.717) is 0 Å². The molecule has 0 unspecified atom stereocenters. The van der Waals surface area contributed by atoms with Crippen molar-refractivity contribution in [3.05, 3.63) is 63.6 Å². The van der Waals surface area contributed by atoms with E-state index < -0.39 is 35.0 Å². The highest BCUT2D eigenvalue weighted by Crippen LogP contribution is 2.35. The summed E-state index contributed by atoms with van der Waals surface area (Å²) in [6.07, 6.45) is -0.309. The van der Waals surface area contributed by atoms with Crippen LogP contribution in [0.1, 0.15) is 21.6 Å². The van der Waals surface area contributed by atoms with Gasteiger partial charge in [-0.1, -0.05) is 11.6 Å². The number of nitrogens with one attached hydrogen (secondary N) is 1. The smallest absolute Gasteiger partial charge is 0.262 e. The lowest BCUT2D eigenvalue weighted by atomic mass is 10.1. The highest BCUT2D eigenvalue weighted by molar-refractivity contribution is 6.30. The Hall–Kier alpha value is -3.00. The Morgan fingerprint density at radius 3 is 2.46 bits per heavy atom. The van der Waals surface area contributed by atoms with Crippen LogP contribution in [0.15, 0.2) is 24.3 Å². The lowest BCUT2D eigenvalue weighted by Gasteiger charge is -2.08. The standard InChI is InChI=1S/C19H14ClF3N2O3/c1-8-10(6-15(26)24-2)16-14(7-13(22)18(27)17(16)23)25(8)19(28)9-3-4-11(20)12(21)5-9/h3-5,7,27H,6H2,1-2H3,(H,24,26). The number of phenols is 1. The molecule has 0 saturated heterocycles. The van der Waals surface area contributed by atoms with Gasteiger partial charge in [-0.2, -0.15) is 0 Å². The van der Waals surface area contributed by atoms with Gasteiger partial charge in [0.2, 0.25) is 5.91 Å². The fraction of sp³-hybridized carbons (Fsp3) is 0.158. The molecule has 1 amide bonds. The Balaban J connectivity index is 2.33. The molecule has 3 rings (SSSR count). The molecule has 3 aromatic rings. The van der Waals surface area contributed by atoms with E-state index >= 15 is 0 Å². The van der Waals surface area contributed by atoms with Crippen molar-refractivity contribution >= 4 is 34.3 Å². The van der Waals surface area contributed by atoms with Crippen LogP contribution in [0.5, 0.6) is 5.75 Å². The lowest BCUT2D eigenvalue weighted by molar-refractivity contribution is -0.119. The normalized spacial score (nSPS) is 11.1. The van der Waals surface area contributed by atoms with Gasteiger partial charge in [0.25, 0.3) is 5.91 Å². The Morgan fingerprint density at radius 2 is 1.86 bits per heavy atom. The molecule has 0 bridgehead atoms. The minimum Gasteiger partial charge on any atom is -0.503 e. The average molecular weight is 411 g/mol. The van der Waals surface area contributed by atoms with Crippen molar-refractivity contribution in [2.75, 3.05) is 7.05 Å². The second kappa shape index (κ2) is 7.20. The number of likely N-dealkylation sites (N-methyl/N-ethyl adjacent to an activating group) is 1. The van der Waals surface area contributed by atoms with Crippen LogP contribution in [0.4, 0.5) is 13.2 Å². The number of fused-ring (bicyclic) bond motifs is 1. The molecule has 1 aromatic heterocycles. The quantitative estimate of drug-likeness (QED) is 0.691. The summed E-state index contributed by atoms with van der Waals surface area (Å²) in [4.78, 5) is 24.8. The van der Waals surface area contributed by atoms with Crippen molar-refractivity contribution in [1.82, 2.24) is 9.88 Å². The molecular weight excluding hydrogens is 397 g/mol. The van der Waals surface area contributed by atoms with Gasteiger partial charge in [-0.3, -0.25) is 14.2 Å². The Kier molecular flexibility index (Phi) is 5.08. The third kappa shape index (κ3) is 3.09. The third-order valence-electron chi connectivity index (χ3n) is 4.47.